The molecule has 184 valence electrons. The first-order chi connectivity index (χ1) is 16.9. The van der Waals surface area contributed by atoms with E-state index >= 15 is 0 Å². The number of hydrogen-bond acceptors (Lipinski definition) is 7. The molecular weight excluding hydrogens is 487 g/mol. The largest absolute Gasteiger partial charge is 0.508 e. The normalized spacial score (nSPS) is 17.5. The van der Waals surface area contributed by atoms with E-state index in [9.17, 15) is 42.9 Å². The van der Waals surface area contributed by atoms with Crippen molar-refractivity contribution >= 4 is 17.8 Å². The summed E-state index contributed by atoms with van der Waals surface area (Å²) in [6, 6.07) is 9.99. The first-order valence-corrected chi connectivity index (χ1v) is 10.3. The van der Waals surface area contributed by atoms with E-state index in [4.69, 9.17) is 9.47 Å². The summed E-state index contributed by atoms with van der Waals surface area (Å²) in [6.45, 7) is -0.812. The van der Waals surface area contributed by atoms with Crippen LogP contribution in [-0.4, -0.2) is 39.3 Å². The maximum Gasteiger partial charge on any atom is 0.471 e. The van der Waals surface area contributed by atoms with E-state index in [0.29, 0.717) is 0 Å². The molecule has 0 bridgehead atoms. The predicted octanol–water partition coefficient (Wildman–Crippen LogP) is 3.54. The van der Waals surface area contributed by atoms with Crippen LogP contribution in [0, 0.1) is 0 Å². The Morgan fingerprint density at radius 3 is 2.39 bits per heavy atom. The molecule has 3 aromatic carbocycles. The number of alkyl halides is 3. The van der Waals surface area contributed by atoms with Crippen molar-refractivity contribution in [3.63, 3.8) is 0 Å². The number of fused-ring (bicyclic) bond motifs is 6. The Bertz CT molecular complexity index is 1480. The number of phenolic OH excluding ortho intramolecular Hbond substituents is 2. The lowest BCUT2D eigenvalue weighted by molar-refractivity contribution is -0.173. The molecule has 1 atom stereocenters. The highest BCUT2D eigenvalue weighted by molar-refractivity contribution is 5.99. The molecule has 0 saturated heterocycles. The Kier molecular flexibility index (Phi) is 4.88. The molecule has 0 fully saturated rings. The van der Waals surface area contributed by atoms with E-state index in [1.807, 2.05) is 0 Å². The summed E-state index contributed by atoms with van der Waals surface area (Å²) < 4.78 is 49.9. The number of esters is 1. The Balaban J connectivity index is 1.77. The van der Waals surface area contributed by atoms with Crippen LogP contribution in [0.5, 0.6) is 23.0 Å². The molecule has 1 spiro atoms. The number of halogens is 3. The number of carboxylic acids is 1. The predicted molar refractivity (Wildman–Crippen MR) is 113 cm³/mol. The van der Waals surface area contributed by atoms with Crippen molar-refractivity contribution in [2.75, 3.05) is 0 Å². The fourth-order valence-corrected chi connectivity index (χ4v) is 4.39. The summed E-state index contributed by atoms with van der Waals surface area (Å²) in [7, 11) is 0. The molecule has 12 heteroatoms. The lowest BCUT2D eigenvalue weighted by Crippen LogP contribution is -2.37. The van der Waals surface area contributed by atoms with Crippen molar-refractivity contribution in [3.05, 3.63) is 81.9 Å². The number of aromatic hydroxyl groups is 2. The summed E-state index contributed by atoms with van der Waals surface area (Å²) >= 11 is 0. The average Bonchev–Trinajstić information content (AvgIpc) is 3.09. The molecule has 2 aliphatic heterocycles. The number of phenols is 2. The number of carbonyl (C=O) groups excluding carboxylic acids is 2. The van der Waals surface area contributed by atoms with Gasteiger partial charge in [-0.3, -0.25) is 4.79 Å². The lowest BCUT2D eigenvalue weighted by Gasteiger charge is -2.37. The molecule has 2 aliphatic rings. The zero-order chi connectivity index (χ0) is 26.0. The molecule has 5 rings (SSSR count). The third kappa shape index (κ3) is 3.29. The van der Waals surface area contributed by atoms with E-state index in [1.165, 1.54) is 36.4 Å². The average molecular weight is 501 g/mol. The van der Waals surface area contributed by atoms with Crippen LogP contribution in [0.2, 0.25) is 0 Å². The Labute approximate surface area is 199 Å². The van der Waals surface area contributed by atoms with Gasteiger partial charge in [0.15, 0.2) is 5.60 Å². The minimum Gasteiger partial charge on any atom is -0.508 e. The summed E-state index contributed by atoms with van der Waals surface area (Å²) in [6.07, 6.45) is -5.18. The van der Waals surface area contributed by atoms with Gasteiger partial charge in [0.05, 0.1) is 23.2 Å². The van der Waals surface area contributed by atoms with Crippen LogP contribution in [0.25, 0.3) is 0 Å². The zero-order valence-electron chi connectivity index (χ0n) is 17.8. The molecule has 0 aliphatic carbocycles. The van der Waals surface area contributed by atoms with E-state index in [-0.39, 0.29) is 50.6 Å². The molecule has 3 aromatic rings. The quantitative estimate of drug-likeness (QED) is 0.399. The molecular formula is C24H14F3NO8. The zero-order valence-corrected chi connectivity index (χ0v) is 17.8. The van der Waals surface area contributed by atoms with Gasteiger partial charge in [-0.2, -0.15) is 13.2 Å². The Hall–Kier alpha value is -4.74. The monoisotopic (exact) mass is 501 g/mol. The van der Waals surface area contributed by atoms with Crippen molar-refractivity contribution in [1.29, 1.82) is 0 Å². The molecule has 0 aromatic heterocycles. The fraction of sp³-hybridized carbons (Fsp3) is 0.125. The molecule has 2 heterocycles. The number of carbonyl (C=O) groups is 3. The second-order valence-electron chi connectivity index (χ2n) is 8.04. The number of hydrogen-bond donors (Lipinski definition) is 4. The van der Waals surface area contributed by atoms with Crippen molar-refractivity contribution < 1.29 is 52.3 Å². The van der Waals surface area contributed by atoms with Crippen LogP contribution in [-0.2, 0) is 21.7 Å². The maximum absolute atomic E-state index is 12.9. The van der Waals surface area contributed by atoms with Crippen LogP contribution >= 0.6 is 0 Å². The van der Waals surface area contributed by atoms with Crippen LogP contribution in [0.15, 0.2) is 48.5 Å². The highest BCUT2D eigenvalue weighted by Crippen LogP contribution is 2.58. The van der Waals surface area contributed by atoms with E-state index in [2.05, 4.69) is 0 Å². The van der Waals surface area contributed by atoms with E-state index in [1.54, 1.807) is 5.32 Å². The van der Waals surface area contributed by atoms with Gasteiger partial charge in [0.2, 0.25) is 0 Å². The summed E-state index contributed by atoms with van der Waals surface area (Å²) in [5.74, 6) is -5.45. The molecule has 0 saturated carbocycles. The van der Waals surface area contributed by atoms with Gasteiger partial charge in [-0.15, -0.1) is 0 Å². The van der Waals surface area contributed by atoms with Gasteiger partial charge in [0.25, 0.3) is 0 Å². The van der Waals surface area contributed by atoms with Crippen LogP contribution in [0.1, 0.15) is 43.0 Å². The number of benzene rings is 3. The second-order valence-corrected chi connectivity index (χ2v) is 8.04. The highest BCUT2D eigenvalue weighted by Gasteiger charge is 2.54. The number of aromatic carboxylic acids is 1. The number of carboxylic acid groups (broad SMARTS) is 1. The van der Waals surface area contributed by atoms with Gasteiger partial charge < -0.3 is 30.1 Å². The van der Waals surface area contributed by atoms with Crippen molar-refractivity contribution in [1.82, 2.24) is 5.32 Å². The van der Waals surface area contributed by atoms with Crippen molar-refractivity contribution in [3.8, 4) is 23.0 Å². The number of rotatable bonds is 3. The smallest absolute Gasteiger partial charge is 0.471 e. The van der Waals surface area contributed by atoms with Gasteiger partial charge in [0, 0.05) is 22.8 Å². The van der Waals surface area contributed by atoms with E-state index < -0.39 is 41.9 Å². The van der Waals surface area contributed by atoms with Crippen LogP contribution in [0.3, 0.4) is 0 Å². The highest BCUT2D eigenvalue weighted by atomic mass is 19.4. The number of nitrogens with one attached hydrogen (secondary N) is 1. The molecule has 9 nitrogen and oxygen atoms in total. The van der Waals surface area contributed by atoms with Gasteiger partial charge in [-0.1, -0.05) is 0 Å². The molecule has 4 N–H and O–H groups in total. The van der Waals surface area contributed by atoms with Gasteiger partial charge in [-0.05, 0) is 42.5 Å². The van der Waals surface area contributed by atoms with Gasteiger partial charge >= 0.3 is 24.0 Å². The van der Waals surface area contributed by atoms with Crippen LogP contribution < -0.4 is 10.1 Å². The first-order valence-electron chi connectivity index (χ1n) is 10.3. The SMILES string of the molecule is O=C(O)c1ccc2c(c1)C1(OC2=O)c2ccc(O)cc2Oc2c1ccc(O)c2CNC(=O)C(F)(F)F. The Morgan fingerprint density at radius 1 is 0.972 bits per heavy atom. The summed E-state index contributed by atoms with van der Waals surface area (Å²) in [5.41, 5.74) is -1.87. The van der Waals surface area contributed by atoms with Gasteiger partial charge in [0.1, 0.15) is 23.0 Å². The van der Waals surface area contributed by atoms with Gasteiger partial charge in [-0.25, -0.2) is 9.59 Å². The molecule has 0 radical (unpaired) electrons. The third-order valence-electron chi connectivity index (χ3n) is 5.97. The van der Waals surface area contributed by atoms with Crippen LogP contribution in [0.4, 0.5) is 13.2 Å². The lowest BCUT2D eigenvalue weighted by atomic mass is 9.76. The molecule has 1 unspecified atom stereocenters. The molecule has 36 heavy (non-hydrogen) atoms. The Morgan fingerprint density at radius 2 is 1.69 bits per heavy atom. The topological polar surface area (TPSA) is 142 Å². The molecule has 1 amide bonds. The van der Waals surface area contributed by atoms with E-state index in [0.717, 1.165) is 12.1 Å². The summed E-state index contributed by atoms with van der Waals surface area (Å²) in [4.78, 5) is 36.0. The van der Waals surface area contributed by atoms with Crippen molar-refractivity contribution in [2.45, 2.75) is 18.3 Å². The number of amides is 1. The maximum atomic E-state index is 12.9. The first kappa shape index (κ1) is 23.0. The number of ether oxygens (including phenoxy) is 2. The minimum atomic E-state index is -5.18. The van der Waals surface area contributed by atoms with Crippen molar-refractivity contribution in [2.24, 2.45) is 0 Å². The second kappa shape index (κ2) is 7.63. The summed E-state index contributed by atoms with van der Waals surface area (Å²) in [5, 5.41) is 31.6. The standard InChI is InChI=1S/C24H14F3NO8/c25-24(26,27)22(34)28-9-13-17(30)6-5-15-19(13)35-18-8-11(29)2-4-14(18)23(15)16-7-10(20(31)32)1-3-12(16)21(33)36-23/h1-8,29-30H,9H2,(H,28,34)(H,31,32). The minimum absolute atomic E-state index is 0.0341. The fourth-order valence-electron chi connectivity index (χ4n) is 4.39. The third-order valence-corrected chi connectivity index (χ3v) is 5.97.